The maximum Gasteiger partial charge on any atom is 0.279 e. The molecule has 0 aliphatic heterocycles. The summed E-state index contributed by atoms with van der Waals surface area (Å²) >= 11 is 7.55. The molecule has 0 saturated carbocycles. The average Bonchev–Trinajstić information content (AvgIpc) is 2.89. The minimum Gasteiger partial charge on any atom is -0.493 e. The fraction of sp³-hybridized carbons (Fsp3) is 0.222. The molecule has 25 heavy (non-hydrogen) atoms. The summed E-state index contributed by atoms with van der Waals surface area (Å²) in [6, 6.07) is 8.77. The number of methoxy groups -OCH3 is 2. The highest BCUT2D eigenvalue weighted by atomic mass is 35.5. The molecule has 0 aliphatic carbocycles. The van der Waals surface area contributed by atoms with E-state index >= 15 is 0 Å². The van der Waals surface area contributed by atoms with Crippen molar-refractivity contribution in [2.75, 3.05) is 14.2 Å². The number of amides is 1. The summed E-state index contributed by atoms with van der Waals surface area (Å²) in [5, 5.41) is 0.671. The van der Waals surface area contributed by atoms with Crippen LogP contribution in [0.5, 0.6) is 11.5 Å². The van der Waals surface area contributed by atoms with Crippen LogP contribution in [0.4, 0.5) is 0 Å². The second-order valence-corrected chi connectivity index (χ2v) is 6.95. The Morgan fingerprint density at radius 1 is 1.16 bits per heavy atom. The van der Waals surface area contributed by atoms with Crippen molar-refractivity contribution in [3.05, 3.63) is 51.3 Å². The second kappa shape index (κ2) is 6.90. The van der Waals surface area contributed by atoms with Crippen molar-refractivity contribution in [2.24, 2.45) is 12.0 Å². The Morgan fingerprint density at radius 3 is 2.56 bits per heavy atom. The Bertz CT molecular complexity index is 1040. The van der Waals surface area contributed by atoms with Gasteiger partial charge in [0.25, 0.3) is 5.91 Å². The number of hydrogen-bond donors (Lipinski definition) is 0. The molecule has 0 bridgehead atoms. The van der Waals surface area contributed by atoms with Gasteiger partial charge in [-0.15, -0.1) is 0 Å². The standard InChI is InChI=1S/C18H17ClN2O3S/c1-10-7-12(19)9-15-16(10)21(2)18(25-15)20-17(22)11-5-6-13(23-3)14(8-11)24-4/h5-9H,1-4H3. The molecule has 0 N–H and O–H groups in total. The van der Waals surface area contributed by atoms with Gasteiger partial charge in [0.1, 0.15) is 0 Å². The minimum atomic E-state index is -0.341. The van der Waals surface area contributed by atoms with Gasteiger partial charge in [-0.05, 0) is 42.8 Å². The van der Waals surface area contributed by atoms with E-state index in [4.69, 9.17) is 21.1 Å². The Hall–Kier alpha value is -2.31. The summed E-state index contributed by atoms with van der Waals surface area (Å²) in [6.07, 6.45) is 0. The average molecular weight is 377 g/mol. The molecule has 5 nitrogen and oxygen atoms in total. The molecule has 0 fully saturated rings. The number of aryl methyl sites for hydroxylation is 2. The van der Waals surface area contributed by atoms with Gasteiger partial charge in [0.05, 0.1) is 24.4 Å². The molecular formula is C18H17ClN2O3S. The summed E-state index contributed by atoms with van der Waals surface area (Å²) in [5.74, 6) is 0.718. The van der Waals surface area contributed by atoms with Crippen molar-refractivity contribution >= 4 is 39.1 Å². The van der Waals surface area contributed by atoms with Gasteiger partial charge in [-0.3, -0.25) is 4.79 Å². The van der Waals surface area contributed by atoms with E-state index in [-0.39, 0.29) is 5.91 Å². The van der Waals surface area contributed by atoms with Crippen LogP contribution >= 0.6 is 22.9 Å². The highest BCUT2D eigenvalue weighted by molar-refractivity contribution is 7.16. The van der Waals surface area contributed by atoms with Gasteiger partial charge < -0.3 is 14.0 Å². The van der Waals surface area contributed by atoms with E-state index in [2.05, 4.69) is 4.99 Å². The van der Waals surface area contributed by atoms with E-state index in [9.17, 15) is 4.79 Å². The van der Waals surface area contributed by atoms with E-state index in [1.807, 2.05) is 30.7 Å². The molecule has 1 aromatic heterocycles. The molecule has 2 aromatic carbocycles. The molecule has 3 aromatic rings. The van der Waals surface area contributed by atoms with Crippen molar-refractivity contribution in [1.82, 2.24) is 4.57 Å². The van der Waals surface area contributed by atoms with E-state index in [0.29, 0.717) is 26.9 Å². The van der Waals surface area contributed by atoms with Crippen LogP contribution < -0.4 is 14.3 Å². The molecular weight excluding hydrogens is 360 g/mol. The number of ether oxygens (including phenoxy) is 2. The number of benzene rings is 2. The molecule has 0 radical (unpaired) electrons. The van der Waals surface area contributed by atoms with E-state index in [0.717, 1.165) is 15.8 Å². The van der Waals surface area contributed by atoms with Crippen LogP contribution in [-0.4, -0.2) is 24.7 Å². The number of carbonyl (C=O) groups excluding carboxylic acids is 1. The van der Waals surface area contributed by atoms with Gasteiger partial charge in [-0.1, -0.05) is 22.9 Å². The molecule has 1 amide bonds. The lowest BCUT2D eigenvalue weighted by molar-refractivity contribution is 0.0997. The number of aromatic nitrogens is 1. The van der Waals surface area contributed by atoms with Crippen molar-refractivity contribution in [3.8, 4) is 11.5 Å². The van der Waals surface area contributed by atoms with Crippen molar-refractivity contribution in [3.63, 3.8) is 0 Å². The Kier molecular flexibility index (Phi) is 4.83. The van der Waals surface area contributed by atoms with E-state index in [1.54, 1.807) is 25.3 Å². The number of nitrogens with zero attached hydrogens (tertiary/aromatic N) is 2. The van der Waals surface area contributed by atoms with Crippen molar-refractivity contribution in [1.29, 1.82) is 0 Å². The molecule has 1 heterocycles. The van der Waals surface area contributed by atoms with Crippen LogP contribution in [-0.2, 0) is 7.05 Å². The van der Waals surface area contributed by atoms with Gasteiger partial charge in [-0.25, -0.2) is 0 Å². The highest BCUT2D eigenvalue weighted by Gasteiger charge is 2.12. The number of rotatable bonds is 3. The molecule has 7 heteroatoms. The Labute approximate surface area is 154 Å². The third kappa shape index (κ3) is 3.27. The van der Waals surface area contributed by atoms with Crippen LogP contribution in [0.1, 0.15) is 15.9 Å². The monoisotopic (exact) mass is 376 g/mol. The summed E-state index contributed by atoms with van der Waals surface area (Å²) in [5.41, 5.74) is 2.50. The fourth-order valence-corrected chi connectivity index (χ4v) is 4.16. The smallest absolute Gasteiger partial charge is 0.279 e. The normalized spacial score (nSPS) is 11.8. The van der Waals surface area contributed by atoms with Crippen LogP contribution in [0.2, 0.25) is 5.02 Å². The number of thiazole rings is 1. The first kappa shape index (κ1) is 17.5. The first-order chi connectivity index (χ1) is 11.9. The SMILES string of the molecule is COc1ccc(C(=O)N=c2sc3cc(Cl)cc(C)c3n2C)cc1OC. The number of fused-ring (bicyclic) bond motifs is 1. The summed E-state index contributed by atoms with van der Waals surface area (Å²) in [6.45, 7) is 1.99. The number of carbonyl (C=O) groups is 1. The second-order valence-electron chi connectivity index (χ2n) is 5.50. The van der Waals surface area contributed by atoms with Crippen LogP contribution in [0.15, 0.2) is 35.3 Å². The molecule has 0 spiro atoms. The lowest BCUT2D eigenvalue weighted by Gasteiger charge is -2.07. The molecule has 0 unspecified atom stereocenters. The first-order valence-corrected chi connectivity index (χ1v) is 8.70. The molecule has 0 saturated heterocycles. The Morgan fingerprint density at radius 2 is 1.88 bits per heavy atom. The van der Waals surface area contributed by atoms with Gasteiger partial charge in [0, 0.05) is 17.6 Å². The van der Waals surface area contributed by atoms with E-state index < -0.39 is 0 Å². The van der Waals surface area contributed by atoms with Crippen LogP contribution in [0.25, 0.3) is 10.2 Å². The zero-order chi connectivity index (χ0) is 18.1. The predicted octanol–water partition coefficient (Wildman–Crippen LogP) is 3.96. The molecule has 0 atom stereocenters. The lowest BCUT2D eigenvalue weighted by Crippen LogP contribution is -2.13. The van der Waals surface area contributed by atoms with E-state index in [1.165, 1.54) is 18.4 Å². The predicted molar refractivity (Wildman–Crippen MR) is 100.0 cm³/mol. The third-order valence-electron chi connectivity index (χ3n) is 3.88. The van der Waals surface area contributed by atoms with Gasteiger partial charge in [0.2, 0.25) is 0 Å². The summed E-state index contributed by atoms with van der Waals surface area (Å²) < 4.78 is 13.3. The highest BCUT2D eigenvalue weighted by Crippen LogP contribution is 2.28. The zero-order valence-corrected chi connectivity index (χ0v) is 15.9. The topological polar surface area (TPSA) is 52.8 Å². The molecule has 3 rings (SSSR count). The number of halogens is 1. The summed E-state index contributed by atoms with van der Waals surface area (Å²) in [7, 11) is 4.97. The molecule has 130 valence electrons. The Balaban J connectivity index is 2.09. The quantitative estimate of drug-likeness (QED) is 0.695. The maximum absolute atomic E-state index is 12.6. The van der Waals surface area contributed by atoms with Gasteiger partial charge in [0.15, 0.2) is 16.3 Å². The van der Waals surface area contributed by atoms with Crippen LogP contribution in [0.3, 0.4) is 0 Å². The van der Waals surface area contributed by atoms with Gasteiger partial charge in [-0.2, -0.15) is 4.99 Å². The summed E-state index contributed by atoms with van der Waals surface area (Å²) in [4.78, 5) is 17.4. The van der Waals surface area contributed by atoms with Crippen molar-refractivity contribution in [2.45, 2.75) is 6.92 Å². The third-order valence-corrected chi connectivity index (χ3v) is 5.18. The van der Waals surface area contributed by atoms with Gasteiger partial charge >= 0.3 is 0 Å². The number of hydrogen-bond acceptors (Lipinski definition) is 4. The zero-order valence-electron chi connectivity index (χ0n) is 14.3. The minimum absolute atomic E-state index is 0.341. The fourth-order valence-electron chi connectivity index (χ4n) is 2.69. The van der Waals surface area contributed by atoms with Crippen molar-refractivity contribution < 1.29 is 14.3 Å². The first-order valence-electron chi connectivity index (χ1n) is 7.51. The van der Waals surface area contributed by atoms with Crippen LogP contribution in [0, 0.1) is 6.92 Å². The maximum atomic E-state index is 12.6. The molecule has 0 aliphatic rings. The largest absolute Gasteiger partial charge is 0.493 e. The lowest BCUT2D eigenvalue weighted by atomic mass is 10.2.